The predicted octanol–water partition coefficient (Wildman–Crippen LogP) is 9.86. The van der Waals surface area contributed by atoms with Gasteiger partial charge in [0.1, 0.15) is 0 Å². The highest BCUT2D eigenvalue weighted by Crippen LogP contribution is 2.69. The van der Waals surface area contributed by atoms with Gasteiger partial charge < -0.3 is 15.1 Å². The zero-order chi connectivity index (χ0) is 29.5. The van der Waals surface area contributed by atoms with Crippen LogP contribution < -0.4 is 0 Å². The highest BCUT2D eigenvalue weighted by atomic mass is 31.1. The van der Waals surface area contributed by atoms with Crippen molar-refractivity contribution in [1.29, 1.82) is 0 Å². The first-order chi connectivity index (χ1) is 18.1. The second-order valence-corrected chi connectivity index (χ2v) is 15.6. The van der Waals surface area contributed by atoms with Crippen LogP contribution in [0, 0.1) is 47.3 Å². The topological polar surface area (TPSA) is 60.7 Å². The van der Waals surface area contributed by atoms with Gasteiger partial charge in [0.25, 0.3) is 0 Å². The normalized spacial score (nSPS) is 37.0. The Morgan fingerprint density at radius 1 is 0.923 bits per heavy atom. The van der Waals surface area contributed by atoms with Gasteiger partial charge in [-0.2, -0.15) is 0 Å². The minimum absolute atomic E-state index is 0.0457. The molecule has 3 fully saturated rings. The molecule has 3 saturated carbocycles. The third-order valence-corrected chi connectivity index (χ3v) is 11.0. The zero-order valence-electron chi connectivity index (χ0n) is 26.9. The Kier molecular flexibility index (Phi) is 10.0. The molecular weight excluding hydrogens is 499 g/mol. The average Bonchev–Trinajstić information content (AvgIpc) is 2.83. The average molecular weight is 559 g/mol. The minimum Gasteiger partial charge on any atom is -0.504 e. The number of aromatic hydroxyl groups is 2. The van der Waals surface area contributed by atoms with E-state index < -0.39 is 0 Å². The molecule has 0 amide bonds. The zero-order valence-corrected chi connectivity index (χ0v) is 27.9. The van der Waals surface area contributed by atoms with Gasteiger partial charge >= 0.3 is 0 Å². The van der Waals surface area contributed by atoms with Crippen LogP contribution in [-0.2, 0) is 5.41 Å². The minimum atomic E-state index is -0.0457. The van der Waals surface area contributed by atoms with E-state index in [9.17, 15) is 10.2 Å². The number of allylic oxidation sites excluding steroid dienone is 2. The van der Waals surface area contributed by atoms with Crippen LogP contribution in [0.25, 0.3) is 0 Å². The fourth-order valence-electron chi connectivity index (χ4n) is 8.93. The van der Waals surface area contributed by atoms with Gasteiger partial charge in [-0.05, 0) is 115 Å². The van der Waals surface area contributed by atoms with Gasteiger partial charge in [-0.25, -0.2) is 0 Å². The van der Waals surface area contributed by atoms with Gasteiger partial charge in [-0.1, -0.05) is 80.4 Å². The summed E-state index contributed by atoms with van der Waals surface area (Å²) >= 11 is 0. The summed E-state index contributed by atoms with van der Waals surface area (Å²) in [5.74, 6) is 4.18. The summed E-state index contributed by atoms with van der Waals surface area (Å²) in [5.41, 5.74) is 5.80. The summed E-state index contributed by atoms with van der Waals surface area (Å²) in [6, 6.07) is 1.92. The van der Waals surface area contributed by atoms with Crippen molar-refractivity contribution >= 4 is 8.81 Å². The first-order valence-electron chi connectivity index (χ1n) is 15.7. The maximum absolute atomic E-state index is 10.6. The number of hydrogen-bond donors (Lipinski definition) is 3. The van der Waals surface area contributed by atoms with Crippen molar-refractivity contribution in [2.75, 3.05) is 6.66 Å². The molecule has 3 nitrogen and oxygen atoms in total. The molecule has 8 atom stereocenters. The van der Waals surface area contributed by atoms with Crippen molar-refractivity contribution in [3.05, 3.63) is 34.4 Å². The lowest BCUT2D eigenvalue weighted by Crippen LogP contribution is -2.56. The molecule has 0 aliphatic heterocycles. The Bertz CT molecular complexity index is 1040. The molecule has 0 radical (unpaired) electrons. The molecule has 0 aromatic heterocycles. The summed E-state index contributed by atoms with van der Waals surface area (Å²) in [6.45, 7) is 24.9. The molecule has 0 saturated heterocycles. The van der Waals surface area contributed by atoms with Crippen molar-refractivity contribution in [1.82, 2.24) is 0 Å². The van der Waals surface area contributed by atoms with Gasteiger partial charge in [0.05, 0.1) is 0 Å². The first-order valence-corrected chi connectivity index (χ1v) is 17.1. The van der Waals surface area contributed by atoms with Crippen LogP contribution in [0.2, 0.25) is 0 Å². The quantitative estimate of drug-likeness (QED) is 0.183. The second-order valence-electron chi connectivity index (χ2n) is 15.2. The van der Waals surface area contributed by atoms with Gasteiger partial charge in [-0.3, -0.25) is 0 Å². The van der Waals surface area contributed by atoms with Gasteiger partial charge in [0, 0.05) is 20.1 Å². The van der Waals surface area contributed by atoms with Crippen LogP contribution in [0.5, 0.6) is 11.5 Å². The monoisotopic (exact) mass is 558 g/mol. The molecular formula is C35H59O3P. The number of hydrogen-bond acceptors (Lipinski definition) is 3. The molecule has 8 unspecified atom stereocenters. The summed E-state index contributed by atoms with van der Waals surface area (Å²) in [6.07, 6.45) is 11.9. The first kappa shape index (κ1) is 32.5. The maximum atomic E-state index is 10.6. The molecule has 222 valence electrons. The Labute approximate surface area is 242 Å². The van der Waals surface area contributed by atoms with E-state index in [4.69, 9.17) is 4.89 Å². The van der Waals surface area contributed by atoms with Crippen LogP contribution >= 0.6 is 8.81 Å². The molecule has 1 aromatic rings. The van der Waals surface area contributed by atoms with Crippen molar-refractivity contribution in [2.24, 2.45) is 40.4 Å². The van der Waals surface area contributed by atoms with Crippen LogP contribution in [0.4, 0.5) is 0 Å². The largest absolute Gasteiger partial charge is 0.504 e. The van der Waals surface area contributed by atoms with Crippen LogP contribution in [0.3, 0.4) is 0 Å². The number of rotatable bonds is 1. The third kappa shape index (κ3) is 5.83. The van der Waals surface area contributed by atoms with E-state index in [1.165, 1.54) is 49.7 Å². The van der Waals surface area contributed by atoms with E-state index in [1.54, 1.807) is 12.2 Å². The summed E-state index contributed by atoms with van der Waals surface area (Å²) in [7, 11) is 0.0833. The fraction of sp³-hybridized carbons (Fsp3) is 0.771. The second kappa shape index (κ2) is 12.1. The lowest BCUT2D eigenvalue weighted by molar-refractivity contribution is -0.0811. The Balaban J connectivity index is 0.000000542. The van der Waals surface area contributed by atoms with Crippen LogP contribution in [0.1, 0.15) is 130 Å². The van der Waals surface area contributed by atoms with E-state index >= 15 is 0 Å². The Hall–Kier alpha value is -1.05. The molecule has 39 heavy (non-hydrogen) atoms. The smallest absolute Gasteiger partial charge is 0.160 e. The molecule has 0 spiro atoms. The molecule has 4 heteroatoms. The molecule has 0 heterocycles. The number of fused-ring (bicyclic) bond motifs is 7. The predicted molar refractivity (Wildman–Crippen MR) is 169 cm³/mol. The molecule has 3 N–H and O–H groups in total. The molecule has 4 aliphatic carbocycles. The lowest BCUT2D eigenvalue weighted by atomic mass is 9.40. The standard InChI is InChI=1S/C30H44O2.C4H10.CH5OP/c1-17(2)20-15-25-29(6,23-16-24(31)27(32)19(4)26(20)23)11-9-21-22-14-18(3)8-10-28(22,5)12-13-30(21,25)7;1-4(2)3;1-3-2/h15-18,20-22,31-32H,8-14H2,1-7H3;4H,1-3H3;2-3H,1H3. The SMILES string of the molecule is CC(C)C.CPO.Cc1c(O)c(O)cc2c1C(C(C)C)C=C1C2(C)CCC2C3CC(C)CCC3(C)CCC12C. The van der Waals surface area contributed by atoms with Crippen LogP contribution in [0.15, 0.2) is 17.7 Å². The van der Waals surface area contributed by atoms with Crippen molar-refractivity contribution < 1.29 is 15.1 Å². The molecule has 4 aliphatic rings. The van der Waals surface area contributed by atoms with Crippen molar-refractivity contribution in [3.63, 3.8) is 0 Å². The number of phenolic OH excluding ortho intramolecular Hbond substituents is 2. The highest BCUT2D eigenvalue weighted by molar-refractivity contribution is 7.29. The third-order valence-electron chi connectivity index (χ3n) is 11.0. The fourth-order valence-corrected chi connectivity index (χ4v) is 8.93. The van der Waals surface area contributed by atoms with E-state index in [1.807, 2.05) is 13.0 Å². The molecule has 1 aromatic carbocycles. The summed E-state index contributed by atoms with van der Waals surface area (Å²) in [4.78, 5) is 7.60. The van der Waals surface area contributed by atoms with E-state index in [-0.39, 0.29) is 31.1 Å². The molecule has 5 rings (SSSR count). The van der Waals surface area contributed by atoms with Gasteiger partial charge in [0.15, 0.2) is 11.5 Å². The van der Waals surface area contributed by atoms with E-state index in [0.29, 0.717) is 17.3 Å². The maximum Gasteiger partial charge on any atom is 0.160 e. The lowest BCUT2D eigenvalue weighted by Gasteiger charge is -2.64. The summed E-state index contributed by atoms with van der Waals surface area (Å²) < 4.78 is 0. The number of benzene rings is 1. The Morgan fingerprint density at radius 3 is 2.08 bits per heavy atom. The Morgan fingerprint density at radius 2 is 1.51 bits per heavy atom. The van der Waals surface area contributed by atoms with E-state index in [0.717, 1.165) is 35.7 Å². The number of phenols is 2. The highest BCUT2D eigenvalue weighted by Gasteiger charge is 2.60. The molecule has 0 bridgehead atoms. The summed E-state index contributed by atoms with van der Waals surface area (Å²) in [5, 5.41) is 21.2. The van der Waals surface area contributed by atoms with Crippen molar-refractivity contribution in [3.8, 4) is 11.5 Å². The van der Waals surface area contributed by atoms with Gasteiger partial charge in [0.2, 0.25) is 0 Å². The van der Waals surface area contributed by atoms with Crippen molar-refractivity contribution in [2.45, 2.75) is 126 Å². The van der Waals surface area contributed by atoms with Gasteiger partial charge in [-0.15, -0.1) is 0 Å². The van der Waals surface area contributed by atoms with E-state index in [2.05, 4.69) is 68.4 Å². The van der Waals surface area contributed by atoms with Crippen LogP contribution in [-0.4, -0.2) is 21.8 Å².